The molecule has 0 spiro atoms. The van der Waals surface area contributed by atoms with E-state index in [0.717, 1.165) is 59.4 Å². The average Bonchev–Trinajstić information content (AvgIpc) is 2.80. The van der Waals surface area contributed by atoms with Gasteiger partial charge in [-0.3, -0.25) is 9.59 Å². The van der Waals surface area contributed by atoms with Crippen LogP contribution in [0.5, 0.6) is 5.75 Å². The first-order chi connectivity index (χ1) is 17.3. The van der Waals surface area contributed by atoms with E-state index in [2.05, 4.69) is 50.5 Å². The Labute approximate surface area is 224 Å². The highest BCUT2D eigenvalue weighted by molar-refractivity contribution is 5.92. The first kappa shape index (κ1) is 30.4. The number of methoxy groups -OCH3 is 1. The summed E-state index contributed by atoms with van der Waals surface area (Å²) in [7, 11) is 1.70. The van der Waals surface area contributed by atoms with E-state index in [1.54, 1.807) is 7.11 Å². The molecular weight excluding hydrogens is 460 g/mol. The van der Waals surface area contributed by atoms with Crippen LogP contribution in [0, 0.1) is 12.3 Å². The Bertz CT molecular complexity index is 1060. The van der Waals surface area contributed by atoms with E-state index >= 15 is 0 Å². The molecule has 2 aromatic carbocycles. The van der Waals surface area contributed by atoms with E-state index in [9.17, 15) is 9.59 Å². The Kier molecular flexibility index (Phi) is 10.8. The summed E-state index contributed by atoms with van der Waals surface area (Å²) in [6, 6.07) is 12.3. The van der Waals surface area contributed by atoms with Gasteiger partial charge in [0.25, 0.3) is 0 Å². The molecule has 0 saturated carbocycles. The fourth-order valence-corrected chi connectivity index (χ4v) is 4.62. The summed E-state index contributed by atoms with van der Waals surface area (Å²) in [5.74, 6) is 0.948. The number of hydrogen-bond donors (Lipinski definition) is 2. The van der Waals surface area contributed by atoms with E-state index in [4.69, 9.17) is 4.74 Å². The second-order valence-corrected chi connectivity index (χ2v) is 12.2. The van der Waals surface area contributed by atoms with Crippen LogP contribution in [0.25, 0.3) is 0 Å². The van der Waals surface area contributed by atoms with Crippen molar-refractivity contribution in [2.45, 2.75) is 105 Å². The molecule has 0 aliphatic heterocycles. The molecule has 0 bridgehead atoms. The molecule has 0 aromatic heterocycles. The Hall–Kier alpha value is -2.82. The van der Waals surface area contributed by atoms with Crippen LogP contribution in [0.3, 0.4) is 0 Å². The van der Waals surface area contributed by atoms with Crippen molar-refractivity contribution in [3.63, 3.8) is 0 Å². The SMILES string of the molecule is CCCCCC(CC(=O)Nc1cc(CNC(=O)C(C)(C)C)ccc1C(C)(C)C)c1cccc(C)c1OC. The van der Waals surface area contributed by atoms with Gasteiger partial charge in [0, 0.05) is 24.1 Å². The van der Waals surface area contributed by atoms with Crippen LogP contribution >= 0.6 is 0 Å². The number of aryl methyl sites for hydroxylation is 1. The molecule has 2 N–H and O–H groups in total. The number of ether oxygens (including phenoxy) is 1. The van der Waals surface area contributed by atoms with E-state index in [1.165, 1.54) is 0 Å². The topological polar surface area (TPSA) is 67.4 Å². The molecule has 0 fully saturated rings. The van der Waals surface area contributed by atoms with E-state index in [-0.39, 0.29) is 23.1 Å². The molecule has 1 atom stereocenters. The number of amides is 2. The standard InChI is InChI=1S/C32H48N2O3/c1-10-11-12-15-24(25-16-13-14-22(2)29(25)37-9)20-28(35)34-27-19-23(17-18-26(27)31(3,4)5)21-33-30(36)32(6,7)8/h13-14,16-19,24H,10-12,15,20-21H2,1-9H3,(H,33,36)(H,34,35). The fourth-order valence-electron chi connectivity index (χ4n) is 4.62. The van der Waals surface area contributed by atoms with Gasteiger partial charge in [0.15, 0.2) is 0 Å². The lowest BCUT2D eigenvalue weighted by Crippen LogP contribution is -2.34. The van der Waals surface area contributed by atoms with Crippen molar-refractivity contribution in [3.8, 4) is 5.75 Å². The van der Waals surface area contributed by atoms with Crippen molar-refractivity contribution in [2.75, 3.05) is 12.4 Å². The summed E-state index contributed by atoms with van der Waals surface area (Å²) in [6.07, 6.45) is 4.67. The van der Waals surface area contributed by atoms with Gasteiger partial charge < -0.3 is 15.4 Å². The van der Waals surface area contributed by atoms with Crippen LogP contribution in [0.15, 0.2) is 36.4 Å². The lowest BCUT2D eigenvalue weighted by atomic mass is 9.84. The number of carbonyl (C=O) groups excluding carboxylic acids is 2. The van der Waals surface area contributed by atoms with E-state index in [1.807, 2.05) is 52.0 Å². The van der Waals surface area contributed by atoms with Crippen LogP contribution in [0.1, 0.15) is 109 Å². The van der Waals surface area contributed by atoms with Gasteiger partial charge in [-0.15, -0.1) is 0 Å². The summed E-state index contributed by atoms with van der Waals surface area (Å²) in [5, 5.41) is 6.24. The number of hydrogen-bond acceptors (Lipinski definition) is 3. The Balaban J connectivity index is 2.30. The minimum absolute atomic E-state index is 0.00000591. The van der Waals surface area contributed by atoms with Gasteiger partial charge >= 0.3 is 0 Å². The maximum atomic E-state index is 13.5. The number of anilines is 1. The quantitative estimate of drug-likeness (QED) is 0.306. The average molecular weight is 509 g/mol. The lowest BCUT2D eigenvalue weighted by Gasteiger charge is -2.25. The minimum Gasteiger partial charge on any atom is -0.496 e. The Morgan fingerprint density at radius 3 is 2.30 bits per heavy atom. The van der Waals surface area contributed by atoms with E-state index < -0.39 is 5.41 Å². The van der Waals surface area contributed by atoms with Crippen molar-refractivity contribution >= 4 is 17.5 Å². The molecule has 1 unspecified atom stereocenters. The normalized spacial score (nSPS) is 12.7. The largest absolute Gasteiger partial charge is 0.496 e. The maximum absolute atomic E-state index is 13.5. The van der Waals surface area contributed by atoms with Crippen molar-refractivity contribution in [1.82, 2.24) is 5.32 Å². The summed E-state index contributed by atoms with van der Waals surface area (Å²) < 4.78 is 5.75. The third-order valence-electron chi connectivity index (χ3n) is 6.77. The van der Waals surface area contributed by atoms with Crippen LogP contribution in [-0.2, 0) is 21.5 Å². The molecule has 0 aliphatic rings. The fraction of sp³-hybridized carbons (Fsp3) is 0.562. The number of rotatable bonds is 11. The molecule has 2 aromatic rings. The smallest absolute Gasteiger partial charge is 0.225 e. The maximum Gasteiger partial charge on any atom is 0.225 e. The highest BCUT2D eigenvalue weighted by Crippen LogP contribution is 2.36. The van der Waals surface area contributed by atoms with Crippen LogP contribution < -0.4 is 15.4 Å². The Morgan fingerprint density at radius 2 is 1.70 bits per heavy atom. The third kappa shape index (κ3) is 8.91. The summed E-state index contributed by atoms with van der Waals surface area (Å²) in [5.41, 5.74) is 4.43. The minimum atomic E-state index is -0.452. The molecule has 5 heteroatoms. The summed E-state index contributed by atoms with van der Waals surface area (Å²) in [4.78, 5) is 25.9. The van der Waals surface area contributed by atoms with Crippen LogP contribution in [-0.4, -0.2) is 18.9 Å². The highest BCUT2D eigenvalue weighted by Gasteiger charge is 2.24. The second kappa shape index (κ2) is 13.1. The van der Waals surface area contributed by atoms with Crippen molar-refractivity contribution in [1.29, 1.82) is 0 Å². The predicted molar refractivity (Wildman–Crippen MR) is 154 cm³/mol. The van der Waals surface area contributed by atoms with Crippen molar-refractivity contribution in [2.24, 2.45) is 5.41 Å². The van der Waals surface area contributed by atoms with Gasteiger partial charge in [-0.2, -0.15) is 0 Å². The summed E-state index contributed by atoms with van der Waals surface area (Å²) >= 11 is 0. The van der Waals surface area contributed by atoms with Gasteiger partial charge in [0.1, 0.15) is 5.75 Å². The second-order valence-electron chi connectivity index (χ2n) is 12.2. The molecule has 0 aliphatic carbocycles. The molecular formula is C32H48N2O3. The first-order valence-corrected chi connectivity index (χ1v) is 13.6. The molecule has 2 rings (SSSR count). The van der Waals surface area contributed by atoms with Crippen molar-refractivity contribution in [3.05, 3.63) is 58.7 Å². The van der Waals surface area contributed by atoms with Crippen LogP contribution in [0.2, 0.25) is 0 Å². The lowest BCUT2D eigenvalue weighted by molar-refractivity contribution is -0.128. The number of unbranched alkanes of at least 4 members (excludes halogenated alkanes) is 2. The summed E-state index contributed by atoms with van der Waals surface area (Å²) in [6.45, 7) is 16.8. The molecule has 0 radical (unpaired) electrons. The predicted octanol–water partition coefficient (Wildman–Crippen LogP) is 7.66. The molecule has 37 heavy (non-hydrogen) atoms. The molecule has 5 nitrogen and oxygen atoms in total. The zero-order chi connectivity index (χ0) is 27.8. The van der Waals surface area contributed by atoms with Gasteiger partial charge in [-0.05, 0) is 53.0 Å². The Morgan fingerprint density at radius 1 is 1.00 bits per heavy atom. The van der Waals surface area contributed by atoms with Gasteiger partial charge in [0.2, 0.25) is 11.8 Å². The first-order valence-electron chi connectivity index (χ1n) is 13.6. The van der Waals surface area contributed by atoms with Crippen molar-refractivity contribution < 1.29 is 14.3 Å². The molecule has 2 amide bonds. The molecule has 0 saturated heterocycles. The third-order valence-corrected chi connectivity index (χ3v) is 6.77. The van der Waals surface area contributed by atoms with Gasteiger partial charge in [-0.1, -0.05) is 98.1 Å². The number of nitrogens with one attached hydrogen (secondary N) is 2. The zero-order valence-corrected chi connectivity index (χ0v) is 24.5. The molecule has 0 heterocycles. The molecule has 204 valence electrons. The van der Waals surface area contributed by atoms with Gasteiger partial charge in [-0.25, -0.2) is 0 Å². The van der Waals surface area contributed by atoms with Gasteiger partial charge in [0.05, 0.1) is 7.11 Å². The number of carbonyl (C=O) groups is 2. The highest BCUT2D eigenvalue weighted by atomic mass is 16.5. The van der Waals surface area contributed by atoms with Crippen LogP contribution in [0.4, 0.5) is 5.69 Å². The zero-order valence-electron chi connectivity index (χ0n) is 24.5. The monoisotopic (exact) mass is 508 g/mol. The van der Waals surface area contributed by atoms with E-state index in [0.29, 0.717) is 13.0 Å². The number of para-hydroxylation sites is 1. The number of benzene rings is 2.